The Labute approximate surface area is 161 Å². The van der Waals surface area contributed by atoms with Crippen LogP contribution in [-0.4, -0.2) is 30.6 Å². The van der Waals surface area contributed by atoms with Gasteiger partial charge in [0.1, 0.15) is 6.61 Å². The molecule has 0 saturated heterocycles. The monoisotopic (exact) mass is 417 g/mol. The number of methoxy groups -OCH3 is 1. The molecule has 1 aliphatic heterocycles. The highest BCUT2D eigenvalue weighted by molar-refractivity contribution is 9.08. The van der Waals surface area contributed by atoms with Gasteiger partial charge in [0, 0.05) is 18.4 Å². The second-order valence-corrected chi connectivity index (χ2v) is 6.63. The van der Waals surface area contributed by atoms with Crippen molar-refractivity contribution in [2.24, 2.45) is 0 Å². The first-order chi connectivity index (χ1) is 12.6. The zero-order chi connectivity index (χ0) is 18.5. The lowest BCUT2D eigenvalue weighted by Crippen LogP contribution is -2.37. The Morgan fingerprint density at radius 3 is 2.62 bits per heavy atom. The number of fused-ring (bicyclic) bond motifs is 1. The van der Waals surface area contributed by atoms with E-state index in [2.05, 4.69) is 15.9 Å². The molecule has 0 saturated carbocycles. The quantitative estimate of drug-likeness (QED) is 0.555. The van der Waals surface area contributed by atoms with E-state index in [1.807, 2.05) is 36.4 Å². The fraction of sp³-hybridized carbons (Fsp3) is 0.300. The van der Waals surface area contributed by atoms with Crippen molar-refractivity contribution in [3.8, 4) is 0 Å². The number of hydrogen-bond acceptors (Lipinski definition) is 4. The number of carbonyl (C=O) groups excluding carboxylic acids is 2. The van der Waals surface area contributed by atoms with Gasteiger partial charge in [0.05, 0.1) is 12.7 Å². The van der Waals surface area contributed by atoms with Crippen LogP contribution in [0.3, 0.4) is 0 Å². The van der Waals surface area contributed by atoms with Gasteiger partial charge >= 0.3 is 12.1 Å². The SMILES string of the molecule is COC(=O)c1ccc2c(c1CBr)CCN(C(=O)OCc1ccccc1)C2. The van der Waals surface area contributed by atoms with Crippen molar-refractivity contribution in [1.29, 1.82) is 0 Å². The molecule has 0 atom stereocenters. The van der Waals surface area contributed by atoms with Crippen LogP contribution in [0.4, 0.5) is 4.79 Å². The summed E-state index contributed by atoms with van der Waals surface area (Å²) in [6.07, 6.45) is 0.360. The number of nitrogens with zero attached hydrogens (tertiary/aromatic N) is 1. The summed E-state index contributed by atoms with van der Waals surface area (Å²) in [6.45, 7) is 1.30. The van der Waals surface area contributed by atoms with E-state index in [4.69, 9.17) is 9.47 Å². The number of esters is 1. The number of benzene rings is 2. The third-order valence-electron chi connectivity index (χ3n) is 4.52. The smallest absolute Gasteiger partial charge is 0.410 e. The van der Waals surface area contributed by atoms with Gasteiger partial charge in [0.15, 0.2) is 0 Å². The zero-order valence-electron chi connectivity index (χ0n) is 14.5. The molecule has 0 N–H and O–H groups in total. The van der Waals surface area contributed by atoms with Gasteiger partial charge in [-0.1, -0.05) is 52.3 Å². The predicted molar refractivity (Wildman–Crippen MR) is 101 cm³/mol. The standard InChI is InChI=1S/C20H20BrNO4/c1-25-19(23)17-8-7-15-12-22(10-9-16(15)18(17)11-21)20(24)26-13-14-5-3-2-4-6-14/h2-8H,9-13H2,1H3. The summed E-state index contributed by atoms with van der Waals surface area (Å²) >= 11 is 3.47. The highest BCUT2D eigenvalue weighted by Gasteiger charge is 2.26. The molecular weight excluding hydrogens is 398 g/mol. The average molecular weight is 418 g/mol. The Kier molecular flexibility index (Phi) is 5.93. The van der Waals surface area contributed by atoms with Crippen molar-refractivity contribution in [3.63, 3.8) is 0 Å². The van der Waals surface area contributed by atoms with E-state index in [9.17, 15) is 9.59 Å². The number of alkyl halides is 1. The molecule has 1 amide bonds. The van der Waals surface area contributed by atoms with E-state index in [0.717, 1.165) is 22.3 Å². The molecule has 26 heavy (non-hydrogen) atoms. The van der Waals surface area contributed by atoms with Crippen molar-refractivity contribution >= 4 is 28.0 Å². The minimum atomic E-state index is -0.341. The first kappa shape index (κ1) is 18.5. The molecule has 1 heterocycles. The molecule has 2 aromatic rings. The summed E-state index contributed by atoms with van der Waals surface area (Å²) in [5.74, 6) is -0.341. The lowest BCUT2D eigenvalue weighted by Gasteiger charge is -2.30. The molecule has 136 valence electrons. The normalized spacial score (nSPS) is 13.1. The molecule has 2 aromatic carbocycles. The van der Waals surface area contributed by atoms with Gasteiger partial charge in [-0.3, -0.25) is 0 Å². The number of ether oxygens (including phenoxy) is 2. The van der Waals surface area contributed by atoms with Crippen molar-refractivity contribution in [2.45, 2.75) is 24.9 Å². The molecule has 0 bridgehead atoms. The van der Waals surface area contributed by atoms with E-state index in [1.165, 1.54) is 7.11 Å². The van der Waals surface area contributed by atoms with Gasteiger partial charge in [0.2, 0.25) is 0 Å². The van der Waals surface area contributed by atoms with Gasteiger partial charge in [0.25, 0.3) is 0 Å². The summed E-state index contributed by atoms with van der Waals surface area (Å²) in [5.41, 5.74) is 4.62. The average Bonchev–Trinajstić information content (AvgIpc) is 2.70. The summed E-state index contributed by atoms with van der Waals surface area (Å²) in [4.78, 5) is 26.0. The molecule has 3 rings (SSSR count). The van der Waals surface area contributed by atoms with Crippen LogP contribution in [0, 0.1) is 0 Å². The van der Waals surface area contributed by atoms with Gasteiger partial charge in [-0.05, 0) is 34.7 Å². The van der Waals surface area contributed by atoms with Gasteiger partial charge in [-0.2, -0.15) is 0 Å². The maximum atomic E-state index is 12.4. The van der Waals surface area contributed by atoms with Crippen LogP contribution in [0.25, 0.3) is 0 Å². The van der Waals surface area contributed by atoms with Crippen molar-refractivity contribution in [1.82, 2.24) is 4.90 Å². The number of rotatable bonds is 4. The van der Waals surface area contributed by atoms with Gasteiger partial charge < -0.3 is 14.4 Å². The Balaban J connectivity index is 1.71. The van der Waals surface area contributed by atoms with E-state index in [1.54, 1.807) is 11.0 Å². The Morgan fingerprint density at radius 1 is 1.15 bits per heavy atom. The largest absolute Gasteiger partial charge is 0.465 e. The van der Waals surface area contributed by atoms with Crippen LogP contribution >= 0.6 is 15.9 Å². The number of halogens is 1. The fourth-order valence-electron chi connectivity index (χ4n) is 3.15. The molecule has 0 unspecified atom stereocenters. The van der Waals surface area contributed by atoms with E-state index >= 15 is 0 Å². The molecule has 0 fully saturated rings. The Hall–Kier alpha value is -2.34. The number of carbonyl (C=O) groups is 2. The lowest BCUT2D eigenvalue weighted by molar-refractivity contribution is 0.0599. The lowest BCUT2D eigenvalue weighted by atomic mass is 9.92. The van der Waals surface area contributed by atoms with Gasteiger partial charge in [-0.15, -0.1) is 0 Å². The molecule has 0 aromatic heterocycles. The minimum absolute atomic E-state index is 0.261. The third-order valence-corrected chi connectivity index (χ3v) is 5.08. The predicted octanol–water partition coefficient (Wildman–Crippen LogP) is 4.06. The third kappa shape index (κ3) is 3.90. The molecular formula is C20H20BrNO4. The molecule has 5 nitrogen and oxygen atoms in total. The minimum Gasteiger partial charge on any atom is -0.465 e. The first-order valence-electron chi connectivity index (χ1n) is 8.37. The van der Waals surface area contributed by atoms with Crippen LogP contribution in [0.5, 0.6) is 0 Å². The maximum Gasteiger partial charge on any atom is 0.410 e. The van der Waals surface area contributed by atoms with Crippen LogP contribution in [-0.2, 0) is 34.4 Å². The Bertz CT molecular complexity index is 807. The van der Waals surface area contributed by atoms with Crippen LogP contribution in [0.2, 0.25) is 0 Å². The topological polar surface area (TPSA) is 55.8 Å². The summed E-state index contributed by atoms with van der Waals surface area (Å²) in [6, 6.07) is 13.3. The van der Waals surface area contributed by atoms with Crippen molar-refractivity contribution in [2.75, 3.05) is 13.7 Å². The van der Waals surface area contributed by atoms with Gasteiger partial charge in [-0.25, -0.2) is 9.59 Å². The number of amides is 1. The molecule has 0 radical (unpaired) electrons. The summed E-state index contributed by atoms with van der Waals surface area (Å²) < 4.78 is 10.3. The molecule has 0 aliphatic carbocycles. The van der Waals surface area contributed by atoms with Crippen molar-refractivity contribution < 1.29 is 19.1 Å². The fourth-order valence-corrected chi connectivity index (χ4v) is 3.79. The van der Waals surface area contributed by atoms with Crippen LogP contribution in [0.15, 0.2) is 42.5 Å². The second-order valence-electron chi connectivity index (χ2n) is 6.07. The molecule has 0 spiro atoms. The van der Waals surface area contributed by atoms with Crippen molar-refractivity contribution in [3.05, 3.63) is 70.3 Å². The molecule has 1 aliphatic rings. The highest BCUT2D eigenvalue weighted by Crippen LogP contribution is 2.28. The van der Waals surface area contributed by atoms with E-state index in [-0.39, 0.29) is 18.7 Å². The van der Waals surface area contributed by atoms with E-state index in [0.29, 0.717) is 30.4 Å². The van der Waals surface area contributed by atoms with E-state index < -0.39 is 0 Å². The second kappa shape index (κ2) is 8.36. The number of hydrogen-bond donors (Lipinski definition) is 0. The van der Waals surface area contributed by atoms with Crippen LogP contribution < -0.4 is 0 Å². The first-order valence-corrected chi connectivity index (χ1v) is 9.49. The summed E-state index contributed by atoms with van der Waals surface area (Å²) in [5, 5.41) is 0.569. The zero-order valence-corrected chi connectivity index (χ0v) is 16.1. The maximum absolute atomic E-state index is 12.4. The Morgan fingerprint density at radius 2 is 1.92 bits per heavy atom. The summed E-state index contributed by atoms with van der Waals surface area (Å²) in [7, 11) is 1.38. The highest BCUT2D eigenvalue weighted by atomic mass is 79.9. The molecule has 6 heteroatoms. The van der Waals surface area contributed by atoms with Crippen LogP contribution in [0.1, 0.15) is 32.6 Å².